The molecule has 10 heteroatoms. The molecule has 10 aromatic heterocycles. The number of rotatable bonds is 9. The third kappa shape index (κ3) is 11.4. The first-order valence-electron chi connectivity index (χ1n) is 35.4. The van der Waals surface area contributed by atoms with Crippen LogP contribution in [0.3, 0.4) is 0 Å². The molecule has 106 heavy (non-hydrogen) atoms. The quantitative estimate of drug-likeness (QED) is 0.129. The van der Waals surface area contributed by atoms with Gasteiger partial charge in [-0.05, 0) is 142 Å². The molecular formula is C96H58N10. The molecule has 21 aromatic rings. The average Bonchev–Trinajstić information content (AvgIpc) is 0.772. The predicted molar refractivity (Wildman–Crippen MR) is 435 cm³/mol. The van der Waals surface area contributed by atoms with Crippen molar-refractivity contribution in [1.82, 2.24) is 49.8 Å². The first-order chi connectivity index (χ1) is 52.4. The Bertz CT molecular complexity index is 7080. The molecule has 0 fully saturated rings. The second kappa shape index (κ2) is 25.8. The molecule has 0 saturated heterocycles. The zero-order valence-electron chi connectivity index (χ0n) is 57.0. The molecule has 0 aliphatic rings. The Morgan fingerprint density at radius 3 is 1.24 bits per heavy atom. The van der Waals surface area contributed by atoms with Crippen molar-refractivity contribution in [3.8, 4) is 101 Å². The van der Waals surface area contributed by atoms with Crippen LogP contribution in [0.5, 0.6) is 0 Å². The molecule has 0 bridgehead atoms. The van der Waals surface area contributed by atoms with Crippen molar-refractivity contribution >= 4 is 109 Å². The maximum absolute atomic E-state index is 5.15. The van der Waals surface area contributed by atoms with Crippen molar-refractivity contribution in [2.24, 2.45) is 0 Å². The second-order valence-electron chi connectivity index (χ2n) is 26.7. The minimum atomic E-state index is 0.904. The maximum Gasteiger partial charge on any atom is 0.0972 e. The zero-order valence-corrected chi connectivity index (χ0v) is 57.0. The van der Waals surface area contributed by atoms with Gasteiger partial charge >= 0.3 is 0 Å². The van der Waals surface area contributed by atoms with E-state index in [9.17, 15) is 0 Å². The van der Waals surface area contributed by atoms with E-state index >= 15 is 0 Å². The van der Waals surface area contributed by atoms with E-state index < -0.39 is 0 Å². The number of hydrogen-bond donors (Lipinski definition) is 0. The summed E-state index contributed by atoms with van der Waals surface area (Å²) in [5.74, 6) is 0. The minimum Gasteiger partial charge on any atom is -0.263 e. The van der Waals surface area contributed by atoms with Crippen molar-refractivity contribution < 1.29 is 0 Å². The van der Waals surface area contributed by atoms with E-state index in [0.29, 0.717) is 0 Å². The molecule has 0 N–H and O–H groups in total. The lowest BCUT2D eigenvalue weighted by atomic mass is 9.96. The summed E-state index contributed by atoms with van der Waals surface area (Å²) in [7, 11) is 0. The Hall–Kier alpha value is -14.5. The summed E-state index contributed by atoms with van der Waals surface area (Å²) < 4.78 is 0. The van der Waals surface area contributed by atoms with E-state index in [0.717, 1.165) is 210 Å². The van der Waals surface area contributed by atoms with Crippen LogP contribution in [0.25, 0.3) is 210 Å². The molecule has 0 aliphatic heterocycles. The van der Waals surface area contributed by atoms with Crippen LogP contribution < -0.4 is 0 Å². The SMILES string of the molecule is c1ccc(-c2ccc3ccc4ccc(-c5ccc(-c6ccc7cc(-c8ccc9ccc(-c%10ccnc%11ccccc%10%11)nc9c8)ccc7n6)cc5)nc4c3n2)cc1.c1ccc2c(-c3ccc4ccc(-c5ccc6nc(-c7ccc(-c8cc9cccnc9c9ncccc89)cc7)ccc6c5)cc4n3)cncc2c1. The number of benzene rings is 11. The molecule has 11 aromatic carbocycles. The summed E-state index contributed by atoms with van der Waals surface area (Å²) in [6.07, 6.45) is 9.31. The highest BCUT2D eigenvalue weighted by Gasteiger charge is 2.17. The van der Waals surface area contributed by atoms with Crippen LogP contribution in [-0.2, 0) is 0 Å². The van der Waals surface area contributed by atoms with Crippen molar-refractivity contribution in [3.05, 3.63) is 353 Å². The van der Waals surface area contributed by atoms with Gasteiger partial charge in [-0.25, -0.2) is 29.9 Å². The van der Waals surface area contributed by atoms with Crippen LogP contribution >= 0.6 is 0 Å². The van der Waals surface area contributed by atoms with E-state index in [4.69, 9.17) is 29.9 Å². The van der Waals surface area contributed by atoms with Gasteiger partial charge in [-0.1, -0.05) is 218 Å². The Labute approximate surface area is 608 Å². The smallest absolute Gasteiger partial charge is 0.0972 e. The molecule has 0 spiro atoms. The molecule has 0 amide bonds. The lowest BCUT2D eigenvalue weighted by molar-refractivity contribution is 1.33. The van der Waals surface area contributed by atoms with E-state index in [1.165, 1.54) is 0 Å². The Kier molecular flexibility index (Phi) is 15.0. The van der Waals surface area contributed by atoms with Crippen molar-refractivity contribution in [2.45, 2.75) is 0 Å². The summed E-state index contributed by atoms with van der Waals surface area (Å²) in [6.45, 7) is 0. The first-order valence-corrected chi connectivity index (χ1v) is 35.4. The predicted octanol–water partition coefficient (Wildman–Crippen LogP) is 23.9. The van der Waals surface area contributed by atoms with Gasteiger partial charge in [0.1, 0.15) is 0 Å². The Morgan fingerprint density at radius 2 is 0.604 bits per heavy atom. The summed E-state index contributed by atoms with van der Waals surface area (Å²) in [4.78, 5) is 48.8. The molecule has 0 unspecified atom stereocenters. The fraction of sp³-hybridized carbons (Fsp3) is 0. The zero-order chi connectivity index (χ0) is 70.0. The van der Waals surface area contributed by atoms with E-state index in [1.807, 2.05) is 91.6 Å². The molecule has 0 aliphatic carbocycles. The van der Waals surface area contributed by atoms with Crippen LogP contribution in [0.15, 0.2) is 353 Å². The number of pyridine rings is 10. The van der Waals surface area contributed by atoms with E-state index in [2.05, 4.69) is 281 Å². The number of aromatic nitrogens is 10. The first kappa shape index (κ1) is 61.4. The second-order valence-corrected chi connectivity index (χ2v) is 26.7. The highest BCUT2D eigenvalue weighted by atomic mass is 14.8. The average molecular weight is 1350 g/mol. The number of para-hydroxylation sites is 1. The van der Waals surface area contributed by atoms with Crippen LogP contribution in [0.2, 0.25) is 0 Å². The molecule has 10 nitrogen and oxygen atoms in total. The van der Waals surface area contributed by atoms with Gasteiger partial charge < -0.3 is 0 Å². The lowest BCUT2D eigenvalue weighted by Gasteiger charge is -2.11. The van der Waals surface area contributed by atoms with Crippen molar-refractivity contribution in [1.29, 1.82) is 0 Å². The van der Waals surface area contributed by atoms with Crippen LogP contribution in [0, 0.1) is 0 Å². The molecule has 10 heterocycles. The monoisotopic (exact) mass is 1350 g/mol. The third-order valence-corrected chi connectivity index (χ3v) is 20.3. The third-order valence-electron chi connectivity index (χ3n) is 20.3. The van der Waals surface area contributed by atoms with Gasteiger partial charge in [0, 0.05) is 118 Å². The van der Waals surface area contributed by atoms with Gasteiger partial charge in [0.25, 0.3) is 0 Å². The summed E-state index contributed by atoms with van der Waals surface area (Å²) in [5, 5.41) is 12.1. The molecule has 0 radical (unpaired) electrons. The highest BCUT2D eigenvalue weighted by Crippen LogP contribution is 2.38. The minimum absolute atomic E-state index is 0.904. The van der Waals surface area contributed by atoms with Gasteiger partial charge in [-0.15, -0.1) is 0 Å². The number of nitrogens with zero attached hydrogens (tertiary/aromatic N) is 10. The highest BCUT2D eigenvalue weighted by molar-refractivity contribution is 6.11. The number of fused-ring (bicyclic) bond motifs is 12. The Morgan fingerprint density at radius 1 is 0.170 bits per heavy atom. The van der Waals surface area contributed by atoms with Crippen LogP contribution in [0.1, 0.15) is 0 Å². The standard InChI is InChI=1S/C51H31N5.C45H27N5/c1-2-6-32(7-3-1)44-23-19-36-15-16-37-20-24-45(56-51(37)50(36)55-44)34-12-10-33(11-13-34)43-26-22-40-30-38(21-25-46(40)53-43)39-17-14-35-18-27-48(54-49(35)31-39)42-28-29-52-47-9-5-4-8-41(42)47;1-2-7-36-35(5-1)26-46-27-39(36)42-20-15-30-13-14-32(25-43(30)50-42)31-16-18-41-33(23-31)17-19-40(49-41)29-11-9-28(10-12-29)38-24-34-6-3-21-47-44(34)45-37(38)8-4-22-48-45/h1-31H;1-27H. The van der Waals surface area contributed by atoms with Gasteiger partial charge in [-0.2, -0.15) is 0 Å². The topological polar surface area (TPSA) is 129 Å². The van der Waals surface area contributed by atoms with Crippen LogP contribution in [0.4, 0.5) is 0 Å². The van der Waals surface area contributed by atoms with Gasteiger partial charge in [-0.3, -0.25) is 19.9 Å². The molecule has 0 saturated carbocycles. The molecule has 0 atom stereocenters. The maximum atomic E-state index is 5.15. The lowest BCUT2D eigenvalue weighted by Crippen LogP contribution is -1.91. The Balaban J connectivity index is 0.000000141. The van der Waals surface area contributed by atoms with Crippen molar-refractivity contribution in [3.63, 3.8) is 0 Å². The normalized spacial score (nSPS) is 11.6. The van der Waals surface area contributed by atoms with Gasteiger partial charge in [0.15, 0.2) is 0 Å². The largest absolute Gasteiger partial charge is 0.263 e. The molecule has 21 rings (SSSR count). The fourth-order valence-electron chi connectivity index (χ4n) is 14.8. The van der Waals surface area contributed by atoms with Crippen LogP contribution in [-0.4, -0.2) is 49.8 Å². The molecular weight excluding hydrogens is 1290 g/mol. The number of hydrogen-bond acceptors (Lipinski definition) is 10. The fourth-order valence-corrected chi connectivity index (χ4v) is 14.8. The summed E-state index contributed by atoms with van der Waals surface area (Å²) in [5.41, 5.74) is 27.2. The van der Waals surface area contributed by atoms with Crippen molar-refractivity contribution in [2.75, 3.05) is 0 Å². The van der Waals surface area contributed by atoms with E-state index in [-0.39, 0.29) is 0 Å². The molecule has 492 valence electrons. The summed E-state index contributed by atoms with van der Waals surface area (Å²) >= 11 is 0. The summed E-state index contributed by atoms with van der Waals surface area (Å²) in [6, 6.07) is 112. The van der Waals surface area contributed by atoms with Gasteiger partial charge in [0.05, 0.1) is 83.8 Å². The van der Waals surface area contributed by atoms with E-state index in [1.54, 1.807) is 0 Å². The van der Waals surface area contributed by atoms with Gasteiger partial charge in [0.2, 0.25) is 0 Å².